The average molecular weight is 350 g/mol. The predicted molar refractivity (Wildman–Crippen MR) is 81.1 cm³/mol. The molecule has 0 saturated carbocycles. The maximum absolute atomic E-state index is 14.1. The van der Waals surface area contributed by atoms with Crippen LogP contribution < -0.4 is 10.1 Å². The number of hydrogen-bond acceptors (Lipinski definition) is 4. The molecule has 0 bridgehead atoms. The SMILES string of the molecule is CC(C)(CO)[C@@H](c1ccc(OC(F)(F)F)c(F)c1)N1CCNCC1. The van der Waals surface area contributed by atoms with Gasteiger partial charge in [-0.2, -0.15) is 0 Å². The van der Waals surface area contributed by atoms with Crippen LogP contribution in [0.2, 0.25) is 0 Å². The van der Waals surface area contributed by atoms with Crippen LogP contribution in [0, 0.1) is 11.2 Å². The predicted octanol–water partition coefficient (Wildman–Crippen LogP) is 2.69. The van der Waals surface area contributed by atoms with Crippen molar-refractivity contribution in [3.8, 4) is 5.75 Å². The van der Waals surface area contributed by atoms with Gasteiger partial charge in [0.2, 0.25) is 0 Å². The largest absolute Gasteiger partial charge is 0.573 e. The summed E-state index contributed by atoms with van der Waals surface area (Å²) in [5.74, 6) is -1.93. The third-order valence-corrected chi connectivity index (χ3v) is 4.16. The van der Waals surface area contributed by atoms with Crippen LogP contribution in [0.1, 0.15) is 25.5 Å². The van der Waals surface area contributed by atoms with Gasteiger partial charge in [0, 0.05) is 44.2 Å². The lowest BCUT2D eigenvalue weighted by molar-refractivity contribution is -0.275. The molecule has 4 nitrogen and oxygen atoms in total. The average Bonchev–Trinajstić information content (AvgIpc) is 2.50. The van der Waals surface area contributed by atoms with E-state index in [0.717, 1.165) is 25.2 Å². The van der Waals surface area contributed by atoms with Crippen LogP contribution in [0.25, 0.3) is 0 Å². The summed E-state index contributed by atoms with van der Waals surface area (Å²) in [5, 5.41) is 12.9. The van der Waals surface area contributed by atoms with Gasteiger partial charge in [0.25, 0.3) is 0 Å². The summed E-state index contributed by atoms with van der Waals surface area (Å²) in [4.78, 5) is 2.10. The van der Waals surface area contributed by atoms with Gasteiger partial charge >= 0.3 is 6.36 Å². The summed E-state index contributed by atoms with van der Waals surface area (Å²) in [7, 11) is 0. The zero-order valence-corrected chi connectivity index (χ0v) is 13.7. The summed E-state index contributed by atoms with van der Waals surface area (Å²) in [6, 6.07) is 3.15. The third kappa shape index (κ3) is 4.58. The molecule has 1 fully saturated rings. The molecule has 2 rings (SSSR count). The number of nitrogens with one attached hydrogen (secondary N) is 1. The van der Waals surface area contributed by atoms with Crippen LogP contribution in [0.5, 0.6) is 5.75 Å². The first-order valence-corrected chi connectivity index (χ1v) is 7.75. The Morgan fingerprint density at radius 3 is 2.38 bits per heavy atom. The zero-order valence-electron chi connectivity index (χ0n) is 13.7. The van der Waals surface area contributed by atoms with Crippen molar-refractivity contribution in [2.45, 2.75) is 26.3 Å². The Morgan fingerprint density at radius 2 is 1.88 bits per heavy atom. The lowest BCUT2D eigenvalue weighted by Gasteiger charge is -2.43. The molecule has 0 amide bonds. The number of aliphatic hydroxyl groups excluding tert-OH is 1. The quantitative estimate of drug-likeness (QED) is 0.802. The molecule has 1 atom stereocenters. The van der Waals surface area contributed by atoms with Crippen molar-refractivity contribution < 1.29 is 27.4 Å². The highest BCUT2D eigenvalue weighted by Gasteiger charge is 2.37. The lowest BCUT2D eigenvalue weighted by Crippen LogP contribution is -2.49. The number of alkyl halides is 3. The number of ether oxygens (including phenoxy) is 1. The number of benzene rings is 1. The molecule has 24 heavy (non-hydrogen) atoms. The first kappa shape index (κ1) is 19.0. The number of halogens is 4. The number of aliphatic hydroxyl groups is 1. The number of piperazine rings is 1. The molecule has 0 radical (unpaired) electrons. The van der Waals surface area contributed by atoms with Gasteiger partial charge in [0.05, 0.1) is 0 Å². The zero-order chi connectivity index (χ0) is 18.0. The molecular weight excluding hydrogens is 328 g/mol. The molecule has 1 aliphatic rings. The number of rotatable bonds is 5. The van der Waals surface area contributed by atoms with Crippen molar-refractivity contribution in [3.05, 3.63) is 29.6 Å². The van der Waals surface area contributed by atoms with Crippen LogP contribution in [0.15, 0.2) is 18.2 Å². The molecule has 1 aromatic carbocycles. The Hall–Kier alpha value is -1.38. The fourth-order valence-corrected chi connectivity index (χ4v) is 3.08. The Bertz CT molecular complexity index is 557. The number of hydrogen-bond donors (Lipinski definition) is 2. The van der Waals surface area contributed by atoms with E-state index < -0.39 is 23.3 Å². The van der Waals surface area contributed by atoms with E-state index in [9.17, 15) is 22.7 Å². The standard InChI is InChI=1S/C16H22F4N2O2/c1-15(2,10-23)14(22-7-5-21-6-8-22)11-3-4-13(12(17)9-11)24-16(18,19)20/h3-4,9,14,21,23H,5-8,10H2,1-2H3/t14-/m1/s1. The van der Waals surface area contributed by atoms with Crippen molar-refractivity contribution >= 4 is 0 Å². The maximum atomic E-state index is 14.1. The van der Waals surface area contributed by atoms with Gasteiger partial charge in [-0.15, -0.1) is 13.2 Å². The maximum Gasteiger partial charge on any atom is 0.573 e. The van der Waals surface area contributed by atoms with Gasteiger partial charge in [0.15, 0.2) is 11.6 Å². The molecular formula is C16H22F4N2O2. The van der Waals surface area contributed by atoms with Crippen LogP contribution in [-0.2, 0) is 0 Å². The topological polar surface area (TPSA) is 44.7 Å². The van der Waals surface area contributed by atoms with E-state index in [0.29, 0.717) is 18.7 Å². The highest BCUT2D eigenvalue weighted by molar-refractivity contribution is 5.32. The van der Waals surface area contributed by atoms with E-state index in [4.69, 9.17) is 0 Å². The van der Waals surface area contributed by atoms with Gasteiger partial charge in [-0.25, -0.2) is 4.39 Å². The first-order valence-electron chi connectivity index (χ1n) is 7.75. The van der Waals surface area contributed by atoms with Crippen LogP contribution in [0.4, 0.5) is 17.6 Å². The molecule has 0 aromatic heterocycles. The highest BCUT2D eigenvalue weighted by atomic mass is 19.4. The van der Waals surface area contributed by atoms with Crippen molar-refractivity contribution in [2.24, 2.45) is 5.41 Å². The summed E-state index contributed by atoms with van der Waals surface area (Å²) >= 11 is 0. The smallest absolute Gasteiger partial charge is 0.403 e. The third-order valence-electron chi connectivity index (χ3n) is 4.16. The molecule has 1 aliphatic heterocycles. The van der Waals surface area contributed by atoms with E-state index >= 15 is 0 Å². The molecule has 2 N–H and O–H groups in total. The molecule has 1 heterocycles. The monoisotopic (exact) mass is 350 g/mol. The molecule has 0 unspecified atom stereocenters. The lowest BCUT2D eigenvalue weighted by atomic mass is 9.79. The van der Waals surface area contributed by atoms with Gasteiger partial charge < -0.3 is 15.2 Å². The van der Waals surface area contributed by atoms with Crippen molar-refractivity contribution in [2.75, 3.05) is 32.8 Å². The molecule has 0 spiro atoms. The fourth-order valence-electron chi connectivity index (χ4n) is 3.08. The van der Waals surface area contributed by atoms with Crippen LogP contribution in [0.3, 0.4) is 0 Å². The summed E-state index contributed by atoms with van der Waals surface area (Å²) in [6.45, 7) is 6.48. The Labute approximate surface area is 138 Å². The van der Waals surface area contributed by atoms with Crippen molar-refractivity contribution in [1.82, 2.24) is 10.2 Å². The second kappa shape index (κ2) is 7.25. The Kier molecular flexibility index (Phi) is 5.72. The second-order valence-corrected chi connectivity index (χ2v) is 6.57. The molecule has 136 valence electrons. The summed E-state index contributed by atoms with van der Waals surface area (Å²) in [6.07, 6.45) is -4.94. The summed E-state index contributed by atoms with van der Waals surface area (Å²) < 4.78 is 54.6. The minimum absolute atomic E-state index is 0.135. The van der Waals surface area contributed by atoms with E-state index in [1.54, 1.807) is 0 Å². The minimum Gasteiger partial charge on any atom is -0.403 e. The van der Waals surface area contributed by atoms with Gasteiger partial charge in [-0.1, -0.05) is 19.9 Å². The minimum atomic E-state index is -4.94. The molecule has 1 aromatic rings. The Morgan fingerprint density at radius 1 is 1.25 bits per heavy atom. The van der Waals surface area contributed by atoms with E-state index in [-0.39, 0.29) is 12.6 Å². The normalized spacial score (nSPS) is 18.5. The van der Waals surface area contributed by atoms with Crippen LogP contribution in [-0.4, -0.2) is 49.2 Å². The van der Waals surface area contributed by atoms with Crippen molar-refractivity contribution in [1.29, 1.82) is 0 Å². The molecule has 0 aliphatic carbocycles. The van der Waals surface area contributed by atoms with Crippen LogP contribution >= 0.6 is 0 Å². The van der Waals surface area contributed by atoms with E-state index in [1.807, 2.05) is 13.8 Å². The molecule has 8 heteroatoms. The van der Waals surface area contributed by atoms with E-state index in [2.05, 4.69) is 15.0 Å². The van der Waals surface area contributed by atoms with Gasteiger partial charge in [-0.05, 0) is 17.7 Å². The molecule has 1 saturated heterocycles. The van der Waals surface area contributed by atoms with Gasteiger partial charge in [-0.3, -0.25) is 4.90 Å². The first-order chi connectivity index (χ1) is 11.1. The van der Waals surface area contributed by atoms with E-state index in [1.165, 1.54) is 6.07 Å². The Balaban J connectivity index is 2.34. The number of nitrogens with zero attached hydrogens (tertiary/aromatic N) is 1. The second-order valence-electron chi connectivity index (χ2n) is 6.57. The summed E-state index contributed by atoms with van der Waals surface area (Å²) in [5.41, 5.74) is -0.0705. The fraction of sp³-hybridized carbons (Fsp3) is 0.625. The van der Waals surface area contributed by atoms with Crippen molar-refractivity contribution in [3.63, 3.8) is 0 Å². The highest BCUT2D eigenvalue weighted by Crippen LogP contribution is 2.39. The van der Waals surface area contributed by atoms with Gasteiger partial charge in [0.1, 0.15) is 0 Å².